The summed E-state index contributed by atoms with van der Waals surface area (Å²) in [7, 11) is 2.10. The van der Waals surface area contributed by atoms with Crippen LogP contribution in [0.4, 0.5) is 0 Å². The van der Waals surface area contributed by atoms with Gasteiger partial charge in [-0.2, -0.15) is 0 Å². The van der Waals surface area contributed by atoms with Crippen molar-refractivity contribution in [3.8, 4) is 0 Å². The van der Waals surface area contributed by atoms with Gasteiger partial charge in [-0.3, -0.25) is 0 Å². The zero-order chi connectivity index (χ0) is 15.1. The fourth-order valence-electron chi connectivity index (χ4n) is 3.71. The molecule has 21 heavy (non-hydrogen) atoms. The second kappa shape index (κ2) is 8.58. The smallest absolute Gasteiger partial charge is 0.0317 e. The van der Waals surface area contributed by atoms with Gasteiger partial charge in [0.25, 0.3) is 0 Å². The van der Waals surface area contributed by atoms with Gasteiger partial charge < -0.3 is 5.32 Å². The average molecular weight is 287 g/mol. The van der Waals surface area contributed by atoms with Gasteiger partial charge in [0.2, 0.25) is 0 Å². The van der Waals surface area contributed by atoms with Crippen LogP contribution in [0.3, 0.4) is 0 Å². The molecule has 1 N–H and O–H groups in total. The predicted molar refractivity (Wildman–Crippen MR) is 92.6 cm³/mol. The van der Waals surface area contributed by atoms with E-state index in [0.29, 0.717) is 6.04 Å². The molecule has 0 spiro atoms. The molecule has 118 valence electrons. The van der Waals surface area contributed by atoms with Crippen LogP contribution in [0.25, 0.3) is 0 Å². The maximum Gasteiger partial charge on any atom is 0.0317 e. The van der Waals surface area contributed by atoms with Crippen LogP contribution in [-0.2, 0) is 6.42 Å². The Morgan fingerprint density at radius 3 is 2.29 bits per heavy atom. The van der Waals surface area contributed by atoms with Gasteiger partial charge in [0.15, 0.2) is 0 Å². The summed E-state index contributed by atoms with van der Waals surface area (Å²) in [6, 6.07) is 9.83. The molecule has 0 aromatic heterocycles. The van der Waals surface area contributed by atoms with Crippen molar-refractivity contribution >= 4 is 0 Å². The van der Waals surface area contributed by atoms with E-state index in [-0.39, 0.29) is 0 Å². The molecule has 1 heteroatoms. The monoisotopic (exact) mass is 287 g/mol. The summed E-state index contributed by atoms with van der Waals surface area (Å²) in [4.78, 5) is 0. The third-order valence-corrected chi connectivity index (χ3v) is 4.96. The average Bonchev–Trinajstić information content (AvgIpc) is 2.50. The third-order valence-electron chi connectivity index (χ3n) is 4.96. The molecule has 0 bridgehead atoms. The summed E-state index contributed by atoms with van der Waals surface area (Å²) in [5.41, 5.74) is 2.93. The summed E-state index contributed by atoms with van der Waals surface area (Å²) in [5, 5.41) is 3.52. The van der Waals surface area contributed by atoms with Gasteiger partial charge in [-0.25, -0.2) is 0 Å². The van der Waals surface area contributed by atoms with Crippen molar-refractivity contribution in [2.45, 2.75) is 71.3 Å². The minimum atomic E-state index is 0.528. The van der Waals surface area contributed by atoms with E-state index in [1.165, 1.54) is 62.5 Å². The minimum absolute atomic E-state index is 0.528. The first-order valence-corrected chi connectivity index (χ1v) is 8.95. The van der Waals surface area contributed by atoms with Crippen LogP contribution < -0.4 is 5.32 Å². The molecule has 1 atom stereocenters. The Balaban J connectivity index is 1.87. The van der Waals surface area contributed by atoms with Crippen LogP contribution in [0, 0.1) is 11.8 Å². The lowest BCUT2D eigenvalue weighted by Gasteiger charge is -2.24. The molecule has 1 aliphatic rings. The number of rotatable bonds is 7. The van der Waals surface area contributed by atoms with Gasteiger partial charge in [0.1, 0.15) is 0 Å². The van der Waals surface area contributed by atoms with Gasteiger partial charge in [0.05, 0.1) is 0 Å². The molecule has 1 aromatic carbocycles. The largest absolute Gasteiger partial charge is 0.313 e. The Kier molecular flexibility index (Phi) is 6.76. The van der Waals surface area contributed by atoms with E-state index < -0.39 is 0 Å². The molecular weight excluding hydrogens is 254 g/mol. The molecule has 0 aliphatic heterocycles. The Hall–Kier alpha value is -0.820. The van der Waals surface area contributed by atoms with E-state index in [4.69, 9.17) is 0 Å². The van der Waals surface area contributed by atoms with Crippen LogP contribution in [-0.4, -0.2) is 7.05 Å². The first-order chi connectivity index (χ1) is 10.2. The summed E-state index contributed by atoms with van der Waals surface area (Å²) in [6.45, 7) is 4.57. The summed E-state index contributed by atoms with van der Waals surface area (Å²) in [6.07, 6.45) is 11.2. The molecule has 0 heterocycles. The highest BCUT2D eigenvalue weighted by molar-refractivity contribution is 5.25. The first-order valence-electron chi connectivity index (χ1n) is 8.95. The highest BCUT2D eigenvalue weighted by Crippen LogP contribution is 2.30. The van der Waals surface area contributed by atoms with Gasteiger partial charge in [-0.05, 0) is 49.3 Å². The standard InChI is InChI=1S/C20H33N/c1-16(2)15-18-9-12-19(13-10-18)20(21-3)14-11-17-7-5-4-6-8-17/h9-10,12-13,16-17,20-21H,4-8,11,14-15H2,1-3H3. The zero-order valence-corrected chi connectivity index (χ0v) is 14.2. The molecule has 1 unspecified atom stereocenters. The van der Waals surface area contributed by atoms with E-state index in [0.717, 1.165) is 11.8 Å². The Morgan fingerprint density at radius 2 is 1.71 bits per heavy atom. The Morgan fingerprint density at radius 1 is 1.05 bits per heavy atom. The van der Waals surface area contributed by atoms with Crippen LogP contribution in [0.5, 0.6) is 0 Å². The molecule has 1 aromatic rings. The molecule has 0 saturated heterocycles. The Bertz CT molecular complexity index is 387. The van der Waals surface area contributed by atoms with Crippen molar-refractivity contribution in [2.24, 2.45) is 11.8 Å². The van der Waals surface area contributed by atoms with E-state index in [1.807, 2.05) is 0 Å². The topological polar surface area (TPSA) is 12.0 Å². The van der Waals surface area contributed by atoms with E-state index in [2.05, 4.69) is 50.5 Å². The van der Waals surface area contributed by atoms with Crippen molar-refractivity contribution in [1.29, 1.82) is 0 Å². The number of hydrogen-bond donors (Lipinski definition) is 1. The van der Waals surface area contributed by atoms with E-state index >= 15 is 0 Å². The van der Waals surface area contributed by atoms with Crippen LogP contribution in [0.2, 0.25) is 0 Å². The SMILES string of the molecule is CNC(CCC1CCCCC1)c1ccc(CC(C)C)cc1. The van der Waals surface area contributed by atoms with Gasteiger partial charge >= 0.3 is 0 Å². The van der Waals surface area contributed by atoms with Crippen molar-refractivity contribution in [1.82, 2.24) is 5.32 Å². The molecule has 1 aliphatic carbocycles. The fourth-order valence-corrected chi connectivity index (χ4v) is 3.71. The van der Waals surface area contributed by atoms with Gasteiger partial charge in [-0.15, -0.1) is 0 Å². The Labute approximate surface area is 131 Å². The number of nitrogens with one attached hydrogen (secondary N) is 1. The molecule has 2 rings (SSSR count). The minimum Gasteiger partial charge on any atom is -0.313 e. The normalized spacial score (nSPS) is 18.1. The van der Waals surface area contributed by atoms with Crippen molar-refractivity contribution in [3.63, 3.8) is 0 Å². The second-order valence-corrected chi connectivity index (χ2v) is 7.26. The van der Waals surface area contributed by atoms with Crippen molar-refractivity contribution < 1.29 is 0 Å². The zero-order valence-electron chi connectivity index (χ0n) is 14.2. The number of hydrogen-bond acceptors (Lipinski definition) is 1. The van der Waals surface area contributed by atoms with Crippen LogP contribution >= 0.6 is 0 Å². The second-order valence-electron chi connectivity index (χ2n) is 7.26. The lowest BCUT2D eigenvalue weighted by Crippen LogP contribution is -2.18. The van der Waals surface area contributed by atoms with E-state index in [9.17, 15) is 0 Å². The summed E-state index contributed by atoms with van der Waals surface area (Å²) < 4.78 is 0. The van der Waals surface area contributed by atoms with Crippen molar-refractivity contribution in [2.75, 3.05) is 7.05 Å². The predicted octanol–water partition coefficient (Wildman–Crippen LogP) is 5.51. The van der Waals surface area contributed by atoms with Gasteiger partial charge in [-0.1, -0.05) is 70.2 Å². The fraction of sp³-hybridized carbons (Fsp3) is 0.700. The highest BCUT2D eigenvalue weighted by Gasteiger charge is 2.16. The number of benzene rings is 1. The van der Waals surface area contributed by atoms with Gasteiger partial charge in [0, 0.05) is 6.04 Å². The quantitative estimate of drug-likeness (QED) is 0.697. The third kappa shape index (κ3) is 5.47. The van der Waals surface area contributed by atoms with Crippen LogP contribution in [0.15, 0.2) is 24.3 Å². The lowest BCUT2D eigenvalue weighted by atomic mass is 9.84. The molecule has 1 nitrogen and oxygen atoms in total. The summed E-state index contributed by atoms with van der Waals surface area (Å²) >= 11 is 0. The highest BCUT2D eigenvalue weighted by atomic mass is 14.9. The first kappa shape index (κ1) is 16.5. The maximum atomic E-state index is 3.52. The maximum absolute atomic E-state index is 3.52. The molecular formula is C20H33N. The molecule has 1 saturated carbocycles. The lowest BCUT2D eigenvalue weighted by molar-refractivity contribution is 0.317. The summed E-state index contributed by atoms with van der Waals surface area (Å²) in [5.74, 6) is 1.72. The molecule has 0 radical (unpaired) electrons. The van der Waals surface area contributed by atoms with E-state index in [1.54, 1.807) is 0 Å². The molecule has 0 amide bonds. The van der Waals surface area contributed by atoms with Crippen molar-refractivity contribution in [3.05, 3.63) is 35.4 Å². The van der Waals surface area contributed by atoms with Crippen LogP contribution in [0.1, 0.15) is 76.0 Å². The molecule has 1 fully saturated rings.